The molecular weight excluding hydrogens is 232 g/mol. The van der Waals surface area contributed by atoms with Gasteiger partial charge in [-0.3, -0.25) is 24.4 Å². The Bertz CT molecular complexity index is 609. The van der Waals surface area contributed by atoms with E-state index in [4.69, 9.17) is 0 Å². The lowest BCUT2D eigenvalue weighted by Gasteiger charge is -2.03. The van der Waals surface area contributed by atoms with Crippen molar-refractivity contribution >= 4 is 17.9 Å². The number of nitrogens with zero attached hydrogens (tertiary/aromatic N) is 2. The van der Waals surface area contributed by atoms with Crippen LogP contribution in [0.5, 0.6) is 0 Å². The molecule has 0 unspecified atom stereocenters. The zero-order valence-electron chi connectivity index (χ0n) is 9.24. The maximum absolute atomic E-state index is 12.1. The first-order chi connectivity index (χ1) is 8.74. The Morgan fingerprint density at radius 1 is 1.00 bits per heavy atom. The van der Waals surface area contributed by atoms with Crippen molar-refractivity contribution in [1.82, 2.24) is 9.97 Å². The van der Waals surface area contributed by atoms with Gasteiger partial charge < -0.3 is 0 Å². The Kier molecular flexibility index (Phi) is 3.33. The molecule has 0 saturated heterocycles. The fourth-order valence-corrected chi connectivity index (χ4v) is 1.47. The normalized spacial score (nSPS) is 9.78. The van der Waals surface area contributed by atoms with Crippen LogP contribution >= 0.6 is 0 Å². The third kappa shape index (κ3) is 2.20. The van der Waals surface area contributed by atoms with Crippen LogP contribution < -0.4 is 0 Å². The molecule has 0 saturated carbocycles. The van der Waals surface area contributed by atoms with Crippen molar-refractivity contribution in [2.24, 2.45) is 0 Å². The number of rotatable bonds is 4. The summed E-state index contributed by atoms with van der Waals surface area (Å²) in [4.78, 5) is 41.7. The quantitative estimate of drug-likeness (QED) is 0.454. The average molecular weight is 240 g/mol. The van der Waals surface area contributed by atoms with Gasteiger partial charge in [0.05, 0.1) is 5.56 Å². The molecule has 2 aromatic rings. The average Bonchev–Trinajstić information content (AvgIpc) is 2.46. The van der Waals surface area contributed by atoms with Gasteiger partial charge in [-0.15, -0.1) is 0 Å². The molecule has 0 N–H and O–H groups in total. The van der Waals surface area contributed by atoms with E-state index in [0.29, 0.717) is 0 Å². The molecule has 0 aliphatic heterocycles. The smallest absolute Gasteiger partial charge is 0.230 e. The first-order valence-corrected chi connectivity index (χ1v) is 5.14. The van der Waals surface area contributed by atoms with Gasteiger partial charge in [0.15, 0.2) is 6.29 Å². The van der Waals surface area contributed by atoms with Crippen LogP contribution in [0.4, 0.5) is 0 Å². The number of aromatic nitrogens is 2. The zero-order chi connectivity index (χ0) is 13.0. The van der Waals surface area contributed by atoms with Gasteiger partial charge in [-0.2, -0.15) is 0 Å². The SMILES string of the molecule is O=CC(=O)c1cccnc1C(=O)c1ccccn1. The number of hydrogen-bond acceptors (Lipinski definition) is 5. The van der Waals surface area contributed by atoms with E-state index in [-0.39, 0.29) is 23.2 Å². The lowest BCUT2D eigenvalue weighted by Crippen LogP contribution is -2.13. The third-order valence-electron chi connectivity index (χ3n) is 2.29. The van der Waals surface area contributed by atoms with E-state index in [0.717, 1.165) is 0 Å². The second kappa shape index (κ2) is 5.09. The summed E-state index contributed by atoms with van der Waals surface area (Å²) in [6, 6.07) is 7.73. The largest absolute Gasteiger partial charge is 0.294 e. The highest BCUT2D eigenvalue weighted by Crippen LogP contribution is 2.10. The van der Waals surface area contributed by atoms with E-state index in [2.05, 4.69) is 9.97 Å². The predicted octanol–water partition coefficient (Wildman–Crippen LogP) is 1.09. The van der Waals surface area contributed by atoms with Gasteiger partial charge in [-0.05, 0) is 24.3 Å². The van der Waals surface area contributed by atoms with Crippen LogP contribution in [0.2, 0.25) is 0 Å². The minimum Gasteiger partial charge on any atom is -0.294 e. The Morgan fingerprint density at radius 2 is 1.78 bits per heavy atom. The maximum atomic E-state index is 12.1. The van der Waals surface area contributed by atoms with Crippen LogP contribution in [0.25, 0.3) is 0 Å². The predicted molar refractivity (Wildman–Crippen MR) is 62.3 cm³/mol. The van der Waals surface area contributed by atoms with Crippen molar-refractivity contribution in [3.8, 4) is 0 Å². The molecule has 5 nitrogen and oxygen atoms in total. The van der Waals surface area contributed by atoms with Crippen LogP contribution in [0.1, 0.15) is 26.5 Å². The molecule has 0 fully saturated rings. The Morgan fingerprint density at radius 3 is 2.44 bits per heavy atom. The lowest BCUT2D eigenvalue weighted by atomic mass is 10.0. The standard InChI is InChI=1S/C13H8N2O3/c16-8-11(17)9-4-3-7-15-12(9)13(18)10-5-1-2-6-14-10/h1-8H. The summed E-state index contributed by atoms with van der Waals surface area (Å²) >= 11 is 0. The summed E-state index contributed by atoms with van der Waals surface area (Å²) in [5.74, 6) is -1.26. The second-order valence-corrected chi connectivity index (χ2v) is 3.43. The minimum absolute atomic E-state index is 0.0110. The van der Waals surface area contributed by atoms with Crippen LogP contribution in [0.3, 0.4) is 0 Å². The summed E-state index contributed by atoms with van der Waals surface area (Å²) < 4.78 is 0. The third-order valence-corrected chi connectivity index (χ3v) is 2.29. The van der Waals surface area contributed by atoms with Crippen LogP contribution in [0.15, 0.2) is 42.7 Å². The summed E-state index contributed by atoms with van der Waals surface area (Å²) in [6.45, 7) is 0. The van der Waals surface area contributed by atoms with Crippen molar-refractivity contribution in [2.45, 2.75) is 0 Å². The van der Waals surface area contributed by atoms with Crippen molar-refractivity contribution in [1.29, 1.82) is 0 Å². The topological polar surface area (TPSA) is 77.0 Å². The van der Waals surface area contributed by atoms with Gasteiger partial charge in [0.25, 0.3) is 0 Å². The molecule has 0 aliphatic carbocycles. The van der Waals surface area contributed by atoms with Crippen molar-refractivity contribution in [2.75, 3.05) is 0 Å². The van der Waals surface area contributed by atoms with Gasteiger partial charge >= 0.3 is 0 Å². The Hall–Kier alpha value is -2.69. The summed E-state index contributed by atoms with van der Waals surface area (Å²) in [5, 5.41) is 0. The molecule has 0 bridgehead atoms. The fraction of sp³-hybridized carbons (Fsp3) is 0. The summed E-state index contributed by atoms with van der Waals surface area (Å²) in [5.41, 5.74) is 0.104. The lowest BCUT2D eigenvalue weighted by molar-refractivity contribution is -0.104. The number of carbonyl (C=O) groups excluding carboxylic acids is 3. The molecule has 0 aliphatic rings. The van der Waals surface area contributed by atoms with E-state index in [1.165, 1.54) is 30.6 Å². The molecule has 5 heteroatoms. The summed E-state index contributed by atoms with van der Waals surface area (Å²) in [6.07, 6.45) is 3.02. The highest BCUT2D eigenvalue weighted by molar-refractivity contribution is 6.35. The van der Waals surface area contributed by atoms with Gasteiger partial charge in [-0.1, -0.05) is 6.07 Å². The zero-order valence-corrected chi connectivity index (χ0v) is 9.24. The van der Waals surface area contributed by atoms with Gasteiger partial charge in [0, 0.05) is 12.4 Å². The molecule has 2 rings (SSSR count). The molecule has 18 heavy (non-hydrogen) atoms. The molecular formula is C13H8N2O3. The van der Waals surface area contributed by atoms with Gasteiger partial charge in [0.1, 0.15) is 11.4 Å². The monoisotopic (exact) mass is 240 g/mol. The Labute approximate surface area is 103 Å². The molecule has 2 aromatic heterocycles. The van der Waals surface area contributed by atoms with E-state index in [1.54, 1.807) is 12.1 Å². The Balaban J connectivity index is 2.49. The number of Topliss-reactive ketones (excluding diaryl/α,β-unsaturated/α-hetero) is 1. The molecule has 0 radical (unpaired) electrons. The number of hydrogen-bond donors (Lipinski definition) is 0. The fourth-order valence-electron chi connectivity index (χ4n) is 1.47. The summed E-state index contributed by atoms with van der Waals surface area (Å²) in [7, 11) is 0. The minimum atomic E-state index is -0.776. The van der Waals surface area contributed by atoms with Crippen molar-refractivity contribution in [3.05, 3.63) is 59.7 Å². The number of aldehydes is 1. The van der Waals surface area contributed by atoms with Gasteiger partial charge in [0.2, 0.25) is 11.6 Å². The highest BCUT2D eigenvalue weighted by atomic mass is 16.2. The molecule has 88 valence electrons. The van der Waals surface area contributed by atoms with Crippen LogP contribution in [0, 0.1) is 0 Å². The van der Waals surface area contributed by atoms with Gasteiger partial charge in [-0.25, -0.2) is 0 Å². The van der Waals surface area contributed by atoms with E-state index in [9.17, 15) is 14.4 Å². The highest BCUT2D eigenvalue weighted by Gasteiger charge is 2.19. The molecule has 0 spiro atoms. The first kappa shape index (κ1) is 11.8. The van der Waals surface area contributed by atoms with E-state index >= 15 is 0 Å². The molecule has 0 aromatic carbocycles. The van der Waals surface area contributed by atoms with Crippen LogP contribution in [-0.2, 0) is 4.79 Å². The molecule has 0 atom stereocenters. The van der Waals surface area contributed by atoms with Crippen molar-refractivity contribution in [3.63, 3.8) is 0 Å². The van der Waals surface area contributed by atoms with Crippen molar-refractivity contribution < 1.29 is 14.4 Å². The maximum Gasteiger partial charge on any atom is 0.230 e. The van der Waals surface area contributed by atoms with E-state index < -0.39 is 11.6 Å². The van der Waals surface area contributed by atoms with Crippen LogP contribution in [-0.4, -0.2) is 27.8 Å². The number of ketones is 2. The molecule has 0 amide bonds. The number of carbonyl (C=O) groups is 3. The molecule has 2 heterocycles. The number of pyridine rings is 2. The second-order valence-electron chi connectivity index (χ2n) is 3.43. The first-order valence-electron chi connectivity index (χ1n) is 5.14. The van der Waals surface area contributed by atoms with E-state index in [1.807, 2.05) is 0 Å².